The number of aromatic nitrogens is 2. The van der Waals surface area contributed by atoms with E-state index in [2.05, 4.69) is 15.3 Å². The monoisotopic (exact) mass is 305 g/mol. The topological polar surface area (TPSA) is 92.2 Å². The van der Waals surface area contributed by atoms with Gasteiger partial charge in [-0.05, 0) is 12.1 Å². The molecule has 8 heteroatoms. The van der Waals surface area contributed by atoms with Crippen molar-refractivity contribution in [3.63, 3.8) is 0 Å². The Balaban J connectivity index is 1.82. The van der Waals surface area contributed by atoms with Gasteiger partial charge >= 0.3 is 5.97 Å². The van der Waals surface area contributed by atoms with Crippen LogP contribution in [0, 0.1) is 0 Å². The Morgan fingerprint density at radius 1 is 1.20 bits per heavy atom. The van der Waals surface area contributed by atoms with Crippen LogP contribution in [0.25, 0.3) is 10.2 Å². The van der Waals surface area contributed by atoms with Gasteiger partial charge in [0.2, 0.25) is 0 Å². The number of rotatable bonds is 3. The second-order valence-electron chi connectivity index (χ2n) is 3.78. The Morgan fingerprint density at radius 3 is 2.70 bits per heavy atom. The molecule has 2 heterocycles. The number of nitrogens with one attached hydrogen (secondary N) is 1. The standard InChI is InChI=1S/C12H7N3O3S2/c16-9(10-13-7(5-19-10)11(17)18)15-12-14-6-3-1-2-4-8(6)20-12/h1-5H,(H,17,18)(H,14,15,16). The minimum atomic E-state index is -1.15. The van der Waals surface area contributed by atoms with Crippen LogP contribution in [0.5, 0.6) is 0 Å². The van der Waals surface area contributed by atoms with Gasteiger partial charge in [0.05, 0.1) is 10.2 Å². The number of hydrogen-bond acceptors (Lipinski definition) is 6. The third-order valence-electron chi connectivity index (χ3n) is 2.43. The van der Waals surface area contributed by atoms with Crippen molar-refractivity contribution in [2.75, 3.05) is 5.32 Å². The molecule has 0 aliphatic carbocycles. The summed E-state index contributed by atoms with van der Waals surface area (Å²) in [7, 11) is 0. The van der Waals surface area contributed by atoms with Gasteiger partial charge in [-0.25, -0.2) is 14.8 Å². The summed E-state index contributed by atoms with van der Waals surface area (Å²) in [6.45, 7) is 0. The molecule has 100 valence electrons. The van der Waals surface area contributed by atoms with Gasteiger partial charge in [-0.1, -0.05) is 23.5 Å². The lowest BCUT2D eigenvalue weighted by Gasteiger charge is -1.96. The minimum absolute atomic E-state index is 0.0988. The van der Waals surface area contributed by atoms with E-state index in [0.29, 0.717) is 5.13 Å². The summed E-state index contributed by atoms with van der Waals surface area (Å²) in [6.07, 6.45) is 0. The zero-order valence-corrected chi connectivity index (χ0v) is 11.5. The molecule has 0 fully saturated rings. The number of benzene rings is 1. The number of para-hydroxylation sites is 1. The molecule has 1 amide bonds. The number of fused-ring (bicyclic) bond motifs is 1. The summed E-state index contributed by atoms with van der Waals surface area (Å²) in [6, 6.07) is 7.53. The zero-order chi connectivity index (χ0) is 14.1. The van der Waals surface area contributed by atoms with E-state index in [1.165, 1.54) is 16.7 Å². The number of carboxylic acids is 1. The van der Waals surface area contributed by atoms with Crippen molar-refractivity contribution in [1.29, 1.82) is 0 Å². The third-order valence-corrected chi connectivity index (χ3v) is 4.22. The van der Waals surface area contributed by atoms with E-state index in [-0.39, 0.29) is 10.7 Å². The molecular weight excluding hydrogens is 298 g/mol. The van der Waals surface area contributed by atoms with Gasteiger partial charge in [0.25, 0.3) is 5.91 Å². The fourth-order valence-corrected chi connectivity index (χ4v) is 3.10. The molecule has 3 aromatic rings. The molecule has 0 aliphatic rings. The summed E-state index contributed by atoms with van der Waals surface area (Å²) < 4.78 is 0.966. The maximum Gasteiger partial charge on any atom is 0.355 e. The van der Waals surface area contributed by atoms with E-state index < -0.39 is 11.9 Å². The summed E-state index contributed by atoms with van der Waals surface area (Å²) in [5, 5.41) is 13.3. The van der Waals surface area contributed by atoms with Gasteiger partial charge in [-0.15, -0.1) is 11.3 Å². The average molecular weight is 305 g/mol. The van der Waals surface area contributed by atoms with Crippen LogP contribution in [0.15, 0.2) is 29.6 Å². The molecule has 20 heavy (non-hydrogen) atoms. The Labute approximate surface area is 120 Å². The quantitative estimate of drug-likeness (QED) is 0.776. The number of carbonyl (C=O) groups is 2. The summed E-state index contributed by atoms with van der Waals surface area (Å²) in [5.41, 5.74) is 0.669. The summed E-state index contributed by atoms with van der Waals surface area (Å²) in [4.78, 5) is 30.7. The Hall–Kier alpha value is -2.32. The largest absolute Gasteiger partial charge is 0.476 e. The number of hydrogen-bond donors (Lipinski definition) is 2. The number of thiazole rings is 2. The lowest BCUT2D eigenvalue weighted by atomic mass is 10.3. The van der Waals surface area contributed by atoms with E-state index in [0.717, 1.165) is 21.6 Å². The SMILES string of the molecule is O=C(O)c1csc(C(=O)Nc2nc3ccccc3s2)n1. The van der Waals surface area contributed by atoms with Crippen molar-refractivity contribution in [2.24, 2.45) is 0 Å². The molecule has 0 bridgehead atoms. The molecule has 0 spiro atoms. The van der Waals surface area contributed by atoms with Crippen LogP contribution in [-0.4, -0.2) is 27.0 Å². The second kappa shape index (κ2) is 4.99. The van der Waals surface area contributed by atoms with Crippen LogP contribution in [0.1, 0.15) is 20.3 Å². The summed E-state index contributed by atoms with van der Waals surface area (Å²) in [5.74, 6) is -1.61. The van der Waals surface area contributed by atoms with Crippen LogP contribution in [0.4, 0.5) is 5.13 Å². The van der Waals surface area contributed by atoms with Crippen LogP contribution in [0.3, 0.4) is 0 Å². The maximum absolute atomic E-state index is 11.9. The van der Waals surface area contributed by atoms with Gasteiger partial charge in [0.1, 0.15) is 0 Å². The molecule has 2 N–H and O–H groups in total. The Bertz CT molecular complexity index is 776. The molecule has 2 aromatic heterocycles. The van der Waals surface area contributed by atoms with E-state index in [4.69, 9.17) is 5.11 Å². The molecule has 0 aliphatic heterocycles. The minimum Gasteiger partial charge on any atom is -0.476 e. The lowest BCUT2D eigenvalue weighted by Crippen LogP contribution is -2.11. The Kier molecular flexibility index (Phi) is 3.17. The van der Waals surface area contributed by atoms with Gasteiger partial charge in [-0.3, -0.25) is 10.1 Å². The van der Waals surface area contributed by atoms with Gasteiger partial charge in [-0.2, -0.15) is 0 Å². The third kappa shape index (κ3) is 2.38. The Morgan fingerprint density at radius 2 is 2.00 bits per heavy atom. The number of amides is 1. The average Bonchev–Trinajstić information content (AvgIpc) is 3.04. The normalized spacial score (nSPS) is 10.6. The lowest BCUT2D eigenvalue weighted by molar-refractivity contribution is 0.0691. The van der Waals surface area contributed by atoms with Gasteiger partial charge in [0.15, 0.2) is 15.8 Å². The highest BCUT2D eigenvalue weighted by molar-refractivity contribution is 7.22. The molecule has 0 saturated heterocycles. The molecule has 3 rings (SSSR count). The first-order valence-corrected chi connectivity index (χ1v) is 7.19. The number of carbonyl (C=O) groups excluding carboxylic acids is 1. The zero-order valence-electron chi connectivity index (χ0n) is 9.86. The van der Waals surface area contributed by atoms with Crippen molar-refractivity contribution in [3.8, 4) is 0 Å². The van der Waals surface area contributed by atoms with Crippen LogP contribution >= 0.6 is 22.7 Å². The fourth-order valence-electron chi connectivity index (χ4n) is 1.55. The van der Waals surface area contributed by atoms with E-state index in [1.54, 1.807) is 0 Å². The molecule has 0 saturated carbocycles. The van der Waals surface area contributed by atoms with Crippen molar-refractivity contribution in [1.82, 2.24) is 9.97 Å². The van der Waals surface area contributed by atoms with Crippen LogP contribution < -0.4 is 5.32 Å². The van der Waals surface area contributed by atoms with Gasteiger partial charge < -0.3 is 5.11 Å². The fraction of sp³-hybridized carbons (Fsp3) is 0. The molecule has 0 unspecified atom stereocenters. The van der Waals surface area contributed by atoms with Crippen LogP contribution in [0.2, 0.25) is 0 Å². The molecule has 1 aromatic carbocycles. The first-order chi connectivity index (χ1) is 9.63. The van der Waals surface area contributed by atoms with Crippen molar-refractivity contribution in [2.45, 2.75) is 0 Å². The van der Waals surface area contributed by atoms with E-state index in [9.17, 15) is 9.59 Å². The summed E-state index contributed by atoms with van der Waals surface area (Å²) >= 11 is 2.34. The highest BCUT2D eigenvalue weighted by Crippen LogP contribution is 2.26. The maximum atomic E-state index is 11.9. The number of carboxylic acid groups (broad SMARTS) is 1. The van der Waals surface area contributed by atoms with Gasteiger partial charge in [0, 0.05) is 5.38 Å². The second-order valence-corrected chi connectivity index (χ2v) is 5.67. The first kappa shape index (κ1) is 12.7. The molecular formula is C12H7N3O3S2. The van der Waals surface area contributed by atoms with Crippen LogP contribution in [-0.2, 0) is 0 Å². The van der Waals surface area contributed by atoms with Crippen molar-refractivity contribution in [3.05, 3.63) is 40.3 Å². The number of nitrogens with zero attached hydrogens (tertiary/aromatic N) is 2. The predicted molar refractivity (Wildman–Crippen MR) is 76.6 cm³/mol. The highest BCUT2D eigenvalue weighted by Gasteiger charge is 2.16. The number of anilines is 1. The first-order valence-electron chi connectivity index (χ1n) is 5.49. The van der Waals surface area contributed by atoms with E-state index >= 15 is 0 Å². The number of aromatic carboxylic acids is 1. The van der Waals surface area contributed by atoms with Crippen molar-refractivity contribution < 1.29 is 14.7 Å². The molecule has 0 radical (unpaired) electrons. The van der Waals surface area contributed by atoms with Crippen molar-refractivity contribution >= 4 is 49.9 Å². The smallest absolute Gasteiger partial charge is 0.355 e. The van der Waals surface area contributed by atoms with E-state index in [1.807, 2.05) is 24.3 Å². The highest BCUT2D eigenvalue weighted by atomic mass is 32.1. The molecule has 6 nitrogen and oxygen atoms in total. The molecule has 0 atom stereocenters. The predicted octanol–water partition coefficient (Wildman–Crippen LogP) is 2.70.